The van der Waals surface area contributed by atoms with Gasteiger partial charge in [0.15, 0.2) is 11.5 Å². The molecule has 3 aromatic carbocycles. The highest BCUT2D eigenvalue weighted by Crippen LogP contribution is 2.30. The van der Waals surface area contributed by atoms with Gasteiger partial charge in [-0.25, -0.2) is 0 Å². The summed E-state index contributed by atoms with van der Waals surface area (Å²) in [6.07, 6.45) is 3.20. The van der Waals surface area contributed by atoms with Crippen molar-refractivity contribution in [3.63, 3.8) is 0 Å². The van der Waals surface area contributed by atoms with Crippen molar-refractivity contribution in [3.8, 4) is 11.5 Å². The van der Waals surface area contributed by atoms with Gasteiger partial charge < -0.3 is 19.2 Å². The molecule has 1 heterocycles. The number of methoxy groups -OCH3 is 2. The zero-order chi connectivity index (χ0) is 19.5. The number of amides is 1. The number of anilines is 1. The summed E-state index contributed by atoms with van der Waals surface area (Å²) in [5, 5.41) is 4.94. The molecule has 1 aromatic heterocycles. The second kappa shape index (κ2) is 7.48. The maximum atomic E-state index is 12.3. The fourth-order valence-electron chi connectivity index (χ4n) is 3.12. The Labute approximate surface area is 162 Å². The van der Waals surface area contributed by atoms with Crippen molar-refractivity contribution in [2.75, 3.05) is 19.5 Å². The molecule has 5 nitrogen and oxygen atoms in total. The van der Waals surface area contributed by atoms with Crippen LogP contribution >= 0.6 is 0 Å². The first-order valence-electron chi connectivity index (χ1n) is 8.80. The van der Waals surface area contributed by atoms with Gasteiger partial charge in [0.1, 0.15) is 11.2 Å². The third kappa shape index (κ3) is 3.42. The molecule has 0 radical (unpaired) electrons. The molecule has 140 valence electrons. The Morgan fingerprint density at radius 1 is 0.893 bits per heavy atom. The van der Waals surface area contributed by atoms with E-state index in [-0.39, 0.29) is 5.91 Å². The highest BCUT2D eigenvalue weighted by molar-refractivity contribution is 6.07. The van der Waals surface area contributed by atoms with Crippen molar-refractivity contribution in [1.29, 1.82) is 0 Å². The third-order valence-electron chi connectivity index (χ3n) is 4.48. The summed E-state index contributed by atoms with van der Waals surface area (Å²) >= 11 is 0. The lowest BCUT2D eigenvalue weighted by Gasteiger charge is -2.07. The highest BCUT2D eigenvalue weighted by atomic mass is 16.5. The average Bonchev–Trinajstić information content (AvgIpc) is 3.09. The van der Waals surface area contributed by atoms with Gasteiger partial charge in [-0.05, 0) is 42.0 Å². The number of nitrogens with one attached hydrogen (secondary N) is 1. The maximum Gasteiger partial charge on any atom is 0.248 e. The number of rotatable bonds is 5. The monoisotopic (exact) mass is 373 g/mol. The smallest absolute Gasteiger partial charge is 0.248 e. The van der Waals surface area contributed by atoms with E-state index in [1.165, 1.54) is 6.08 Å². The summed E-state index contributed by atoms with van der Waals surface area (Å²) < 4.78 is 16.3. The van der Waals surface area contributed by atoms with Crippen LogP contribution in [-0.4, -0.2) is 20.1 Å². The van der Waals surface area contributed by atoms with E-state index < -0.39 is 0 Å². The minimum atomic E-state index is -0.231. The van der Waals surface area contributed by atoms with Crippen molar-refractivity contribution in [2.24, 2.45) is 0 Å². The Hall–Kier alpha value is -3.73. The van der Waals surface area contributed by atoms with Crippen LogP contribution in [0.3, 0.4) is 0 Å². The van der Waals surface area contributed by atoms with Crippen molar-refractivity contribution in [2.45, 2.75) is 0 Å². The van der Waals surface area contributed by atoms with E-state index in [1.807, 2.05) is 54.6 Å². The number of carbonyl (C=O) groups excluding carboxylic acids is 1. The van der Waals surface area contributed by atoms with E-state index in [9.17, 15) is 4.79 Å². The van der Waals surface area contributed by atoms with Gasteiger partial charge >= 0.3 is 0 Å². The molecule has 1 N–H and O–H groups in total. The minimum absolute atomic E-state index is 0.231. The number of furan rings is 1. The molecule has 0 aliphatic carbocycles. The molecule has 28 heavy (non-hydrogen) atoms. The molecule has 0 bridgehead atoms. The third-order valence-corrected chi connectivity index (χ3v) is 4.48. The fourth-order valence-corrected chi connectivity index (χ4v) is 3.12. The van der Waals surface area contributed by atoms with E-state index in [0.717, 1.165) is 27.5 Å². The molecular weight excluding hydrogens is 354 g/mol. The predicted octanol–water partition coefficient (Wildman–Crippen LogP) is 5.26. The summed E-state index contributed by atoms with van der Waals surface area (Å²) in [5.74, 6) is 1.02. The van der Waals surface area contributed by atoms with Gasteiger partial charge in [0.2, 0.25) is 5.91 Å². The molecule has 0 aliphatic rings. The van der Waals surface area contributed by atoms with Gasteiger partial charge in [-0.3, -0.25) is 4.79 Å². The highest BCUT2D eigenvalue weighted by Gasteiger charge is 2.08. The molecule has 4 rings (SSSR count). The van der Waals surface area contributed by atoms with Crippen LogP contribution < -0.4 is 14.8 Å². The molecule has 5 heteroatoms. The van der Waals surface area contributed by atoms with E-state index >= 15 is 0 Å². The zero-order valence-electron chi connectivity index (χ0n) is 15.6. The molecule has 4 aromatic rings. The standard InChI is InChI=1S/C23H19NO4/c1-26-20-11-7-15(13-22(20)27-2)8-12-23(25)24-16-9-10-18-17-5-3-4-6-19(17)28-21(18)14-16/h3-14H,1-2H3,(H,24,25). The first-order valence-corrected chi connectivity index (χ1v) is 8.80. The molecule has 0 unspecified atom stereocenters. The normalized spacial score (nSPS) is 11.2. The number of benzene rings is 3. The van der Waals surface area contributed by atoms with Crippen molar-refractivity contribution in [3.05, 3.63) is 72.3 Å². The van der Waals surface area contributed by atoms with E-state index in [0.29, 0.717) is 17.2 Å². The summed E-state index contributed by atoms with van der Waals surface area (Å²) in [5.41, 5.74) is 3.08. The van der Waals surface area contributed by atoms with Crippen molar-refractivity contribution < 1.29 is 18.7 Å². The van der Waals surface area contributed by atoms with Crippen LogP contribution in [0.5, 0.6) is 11.5 Å². The molecule has 0 spiro atoms. The molecular formula is C23H19NO4. The van der Waals surface area contributed by atoms with E-state index in [1.54, 1.807) is 26.4 Å². The van der Waals surface area contributed by atoms with Crippen LogP contribution in [-0.2, 0) is 4.79 Å². The predicted molar refractivity (Wildman–Crippen MR) is 111 cm³/mol. The number of hydrogen-bond donors (Lipinski definition) is 1. The van der Waals surface area contributed by atoms with E-state index in [4.69, 9.17) is 13.9 Å². The quantitative estimate of drug-likeness (QED) is 0.485. The van der Waals surface area contributed by atoms with Crippen molar-refractivity contribution >= 4 is 39.6 Å². The SMILES string of the molecule is COc1ccc(C=CC(=O)Nc2ccc3c(c2)oc2ccccc23)cc1OC. The molecule has 0 saturated heterocycles. The van der Waals surface area contributed by atoms with Gasteiger partial charge in [0.25, 0.3) is 0 Å². The number of fused-ring (bicyclic) bond motifs is 3. The lowest BCUT2D eigenvalue weighted by atomic mass is 10.1. The Bertz CT molecular complexity index is 1190. The summed E-state index contributed by atoms with van der Waals surface area (Å²) in [7, 11) is 3.16. The minimum Gasteiger partial charge on any atom is -0.493 e. The van der Waals surface area contributed by atoms with Crippen LogP contribution in [0.25, 0.3) is 28.0 Å². The maximum absolute atomic E-state index is 12.3. The lowest BCUT2D eigenvalue weighted by Crippen LogP contribution is -2.07. The molecule has 0 saturated carbocycles. The van der Waals surface area contributed by atoms with Crippen LogP contribution in [0.2, 0.25) is 0 Å². The second-order valence-electron chi connectivity index (χ2n) is 6.25. The number of para-hydroxylation sites is 1. The fraction of sp³-hybridized carbons (Fsp3) is 0.0870. The lowest BCUT2D eigenvalue weighted by molar-refractivity contribution is -0.111. The Balaban J connectivity index is 1.51. The van der Waals surface area contributed by atoms with Crippen LogP contribution in [0, 0.1) is 0 Å². The first-order chi connectivity index (χ1) is 13.7. The van der Waals surface area contributed by atoms with Gasteiger partial charge in [0.05, 0.1) is 14.2 Å². The molecule has 0 fully saturated rings. The van der Waals surface area contributed by atoms with Gasteiger partial charge in [-0.15, -0.1) is 0 Å². The Kier molecular flexibility index (Phi) is 4.72. The molecule has 0 aliphatic heterocycles. The number of carbonyl (C=O) groups is 1. The first kappa shape index (κ1) is 17.7. The summed E-state index contributed by atoms with van der Waals surface area (Å²) in [6, 6.07) is 19.0. The topological polar surface area (TPSA) is 60.7 Å². The van der Waals surface area contributed by atoms with Gasteiger partial charge in [-0.1, -0.05) is 24.3 Å². The largest absolute Gasteiger partial charge is 0.493 e. The van der Waals surface area contributed by atoms with Gasteiger partial charge in [0, 0.05) is 28.6 Å². The number of ether oxygens (including phenoxy) is 2. The Morgan fingerprint density at radius 3 is 2.50 bits per heavy atom. The zero-order valence-corrected chi connectivity index (χ0v) is 15.6. The summed E-state index contributed by atoms with van der Waals surface area (Å²) in [4.78, 5) is 12.3. The molecule has 0 atom stereocenters. The van der Waals surface area contributed by atoms with E-state index in [2.05, 4.69) is 5.32 Å². The van der Waals surface area contributed by atoms with Crippen LogP contribution in [0.15, 0.2) is 71.2 Å². The van der Waals surface area contributed by atoms with Crippen molar-refractivity contribution in [1.82, 2.24) is 0 Å². The van der Waals surface area contributed by atoms with Gasteiger partial charge in [-0.2, -0.15) is 0 Å². The van der Waals surface area contributed by atoms with Crippen LogP contribution in [0.4, 0.5) is 5.69 Å². The summed E-state index contributed by atoms with van der Waals surface area (Å²) in [6.45, 7) is 0. The van der Waals surface area contributed by atoms with Crippen LogP contribution in [0.1, 0.15) is 5.56 Å². The average molecular weight is 373 g/mol. The number of hydrogen-bond acceptors (Lipinski definition) is 4. The Morgan fingerprint density at radius 2 is 1.68 bits per heavy atom. The molecule has 1 amide bonds. The second-order valence-corrected chi connectivity index (χ2v) is 6.25.